The molecule has 19 heavy (non-hydrogen) atoms. The SMILES string of the molecule is Cc1ccc(S(=O)(=O)NC(C)C2CCCC2)cc1N. The largest absolute Gasteiger partial charge is 0.398 e. The second-order valence-corrected chi connectivity index (χ2v) is 7.19. The molecule has 1 atom stereocenters. The summed E-state index contributed by atoms with van der Waals surface area (Å²) in [7, 11) is -3.47. The van der Waals surface area contributed by atoms with E-state index in [0.29, 0.717) is 11.6 Å². The minimum absolute atomic E-state index is 0.0185. The van der Waals surface area contributed by atoms with E-state index in [-0.39, 0.29) is 10.9 Å². The van der Waals surface area contributed by atoms with Gasteiger partial charge < -0.3 is 5.73 Å². The van der Waals surface area contributed by atoms with Gasteiger partial charge in [-0.2, -0.15) is 0 Å². The minimum atomic E-state index is -3.47. The highest BCUT2D eigenvalue weighted by atomic mass is 32.2. The average Bonchev–Trinajstić information content (AvgIpc) is 2.85. The van der Waals surface area contributed by atoms with Gasteiger partial charge in [0.05, 0.1) is 4.90 Å². The van der Waals surface area contributed by atoms with E-state index in [2.05, 4.69) is 4.72 Å². The van der Waals surface area contributed by atoms with Gasteiger partial charge in [0.1, 0.15) is 0 Å². The van der Waals surface area contributed by atoms with E-state index in [0.717, 1.165) is 18.4 Å². The van der Waals surface area contributed by atoms with Gasteiger partial charge in [-0.1, -0.05) is 18.9 Å². The summed E-state index contributed by atoms with van der Waals surface area (Å²) in [6.07, 6.45) is 4.63. The number of aryl methyl sites for hydroxylation is 1. The molecule has 0 spiro atoms. The lowest BCUT2D eigenvalue weighted by atomic mass is 10.0. The van der Waals surface area contributed by atoms with Crippen LogP contribution in [0.1, 0.15) is 38.2 Å². The Labute approximate surface area is 115 Å². The van der Waals surface area contributed by atoms with Crippen molar-refractivity contribution in [3.63, 3.8) is 0 Å². The summed E-state index contributed by atoms with van der Waals surface area (Å²) in [5.74, 6) is 0.456. The monoisotopic (exact) mass is 282 g/mol. The molecule has 1 unspecified atom stereocenters. The number of hydrogen-bond acceptors (Lipinski definition) is 3. The van der Waals surface area contributed by atoms with Gasteiger partial charge in [-0.05, 0) is 50.3 Å². The second kappa shape index (κ2) is 5.51. The van der Waals surface area contributed by atoms with Gasteiger partial charge in [0.25, 0.3) is 0 Å². The number of nitrogen functional groups attached to an aromatic ring is 1. The number of rotatable bonds is 4. The summed E-state index contributed by atoms with van der Waals surface area (Å²) < 4.78 is 27.4. The Balaban J connectivity index is 2.15. The van der Waals surface area contributed by atoms with Crippen molar-refractivity contribution in [1.29, 1.82) is 0 Å². The van der Waals surface area contributed by atoms with E-state index in [1.54, 1.807) is 12.1 Å². The molecule has 1 aliphatic rings. The molecule has 0 amide bonds. The van der Waals surface area contributed by atoms with E-state index in [9.17, 15) is 8.42 Å². The molecule has 0 radical (unpaired) electrons. The predicted molar refractivity (Wildman–Crippen MR) is 77.3 cm³/mol. The number of nitrogens with two attached hydrogens (primary N) is 1. The lowest BCUT2D eigenvalue weighted by Crippen LogP contribution is -2.37. The summed E-state index contributed by atoms with van der Waals surface area (Å²) in [6, 6.07) is 4.86. The van der Waals surface area contributed by atoms with E-state index >= 15 is 0 Å². The third kappa shape index (κ3) is 3.28. The van der Waals surface area contributed by atoms with Crippen molar-refractivity contribution in [2.75, 3.05) is 5.73 Å². The van der Waals surface area contributed by atoms with Gasteiger partial charge in [-0.3, -0.25) is 0 Å². The molecule has 1 fully saturated rings. The topological polar surface area (TPSA) is 72.2 Å². The normalized spacial score (nSPS) is 18.6. The smallest absolute Gasteiger partial charge is 0.240 e. The Bertz CT molecular complexity index is 549. The molecule has 0 heterocycles. The highest BCUT2D eigenvalue weighted by molar-refractivity contribution is 7.89. The van der Waals surface area contributed by atoms with E-state index in [1.165, 1.54) is 18.9 Å². The molecular formula is C14H22N2O2S. The van der Waals surface area contributed by atoms with Crippen LogP contribution in [0.4, 0.5) is 5.69 Å². The van der Waals surface area contributed by atoms with Crippen molar-refractivity contribution in [3.05, 3.63) is 23.8 Å². The Morgan fingerprint density at radius 2 is 1.95 bits per heavy atom. The third-order valence-corrected chi connectivity index (χ3v) is 5.57. The number of hydrogen-bond donors (Lipinski definition) is 2. The van der Waals surface area contributed by atoms with Crippen LogP contribution in [-0.4, -0.2) is 14.5 Å². The second-order valence-electron chi connectivity index (χ2n) is 5.47. The van der Waals surface area contributed by atoms with Crippen LogP contribution in [0.2, 0.25) is 0 Å². The molecule has 1 aromatic carbocycles. The zero-order valence-corrected chi connectivity index (χ0v) is 12.3. The van der Waals surface area contributed by atoms with Gasteiger partial charge in [-0.25, -0.2) is 13.1 Å². The van der Waals surface area contributed by atoms with Crippen LogP contribution in [0.3, 0.4) is 0 Å². The highest BCUT2D eigenvalue weighted by Gasteiger charge is 2.26. The van der Waals surface area contributed by atoms with E-state index in [4.69, 9.17) is 5.73 Å². The van der Waals surface area contributed by atoms with Crippen molar-refractivity contribution < 1.29 is 8.42 Å². The van der Waals surface area contributed by atoms with Crippen molar-refractivity contribution in [3.8, 4) is 0 Å². The van der Waals surface area contributed by atoms with Crippen molar-refractivity contribution >= 4 is 15.7 Å². The predicted octanol–water partition coefficient (Wildman–Crippen LogP) is 2.43. The number of benzene rings is 1. The van der Waals surface area contributed by atoms with Gasteiger partial charge >= 0.3 is 0 Å². The standard InChI is InChI=1S/C14H22N2O2S/c1-10-7-8-13(9-14(10)15)19(17,18)16-11(2)12-5-3-4-6-12/h7-9,11-12,16H,3-6,15H2,1-2H3. The minimum Gasteiger partial charge on any atom is -0.398 e. The summed E-state index contributed by atoms with van der Waals surface area (Å²) in [5.41, 5.74) is 7.18. The molecule has 0 aromatic heterocycles. The molecule has 1 aliphatic carbocycles. The fourth-order valence-corrected chi connectivity index (χ4v) is 4.00. The summed E-state index contributed by atoms with van der Waals surface area (Å²) in [4.78, 5) is 0.250. The maximum absolute atomic E-state index is 12.3. The summed E-state index contributed by atoms with van der Waals surface area (Å²) in [6.45, 7) is 3.81. The Hall–Kier alpha value is -1.07. The van der Waals surface area contributed by atoms with Gasteiger partial charge in [0.15, 0.2) is 0 Å². The maximum atomic E-state index is 12.3. The van der Waals surface area contributed by atoms with Gasteiger partial charge in [0, 0.05) is 11.7 Å². The van der Waals surface area contributed by atoms with E-state index < -0.39 is 10.0 Å². The molecule has 4 nitrogen and oxygen atoms in total. The molecule has 0 saturated heterocycles. The number of anilines is 1. The fraction of sp³-hybridized carbons (Fsp3) is 0.571. The first-order valence-corrected chi connectivity index (χ1v) is 8.27. The van der Waals surface area contributed by atoms with Crippen molar-refractivity contribution in [2.45, 2.75) is 50.5 Å². The molecule has 0 bridgehead atoms. The molecule has 1 saturated carbocycles. The molecule has 0 aliphatic heterocycles. The lowest BCUT2D eigenvalue weighted by Gasteiger charge is -2.20. The first-order valence-electron chi connectivity index (χ1n) is 6.78. The molecule has 1 aromatic rings. The van der Waals surface area contributed by atoms with Crippen LogP contribution in [0, 0.1) is 12.8 Å². The molecule has 5 heteroatoms. The lowest BCUT2D eigenvalue weighted by molar-refractivity contribution is 0.424. The van der Waals surface area contributed by atoms with Gasteiger partial charge in [-0.15, -0.1) is 0 Å². The summed E-state index contributed by atoms with van der Waals surface area (Å²) in [5, 5.41) is 0. The number of nitrogens with one attached hydrogen (secondary N) is 1. The Morgan fingerprint density at radius 1 is 1.32 bits per heavy atom. The maximum Gasteiger partial charge on any atom is 0.240 e. The molecular weight excluding hydrogens is 260 g/mol. The fourth-order valence-electron chi connectivity index (χ4n) is 2.65. The van der Waals surface area contributed by atoms with Crippen LogP contribution in [0.15, 0.2) is 23.1 Å². The highest BCUT2D eigenvalue weighted by Crippen LogP contribution is 2.28. The Morgan fingerprint density at radius 3 is 2.53 bits per heavy atom. The quantitative estimate of drug-likeness (QED) is 0.833. The van der Waals surface area contributed by atoms with Crippen molar-refractivity contribution in [2.24, 2.45) is 5.92 Å². The zero-order chi connectivity index (χ0) is 14.0. The van der Waals surface area contributed by atoms with Crippen LogP contribution < -0.4 is 10.5 Å². The average molecular weight is 282 g/mol. The summed E-state index contributed by atoms with van der Waals surface area (Å²) >= 11 is 0. The van der Waals surface area contributed by atoms with Gasteiger partial charge in [0.2, 0.25) is 10.0 Å². The molecule has 3 N–H and O–H groups in total. The van der Waals surface area contributed by atoms with Crippen LogP contribution >= 0.6 is 0 Å². The number of sulfonamides is 1. The van der Waals surface area contributed by atoms with Crippen molar-refractivity contribution in [1.82, 2.24) is 4.72 Å². The van der Waals surface area contributed by atoms with Crippen LogP contribution in [0.25, 0.3) is 0 Å². The Kier molecular flexibility index (Phi) is 4.16. The zero-order valence-electron chi connectivity index (χ0n) is 11.5. The first-order chi connectivity index (χ1) is 8.90. The molecule has 2 rings (SSSR count). The first kappa shape index (κ1) is 14.3. The van der Waals surface area contributed by atoms with Crippen LogP contribution in [-0.2, 0) is 10.0 Å². The van der Waals surface area contributed by atoms with Crippen LogP contribution in [0.5, 0.6) is 0 Å². The molecule has 106 valence electrons. The third-order valence-electron chi connectivity index (χ3n) is 4.01. The van der Waals surface area contributed by atoms with E-state index in [1.807, 2.05) is 13.8 Å².